The van der Waals surface area contributed by atoms with Crippen molar-refractivity contribution in [3.05, 3.63) is 46.9 Å². The molecule has 2 fully saturated rings. The molecule has 1 aromatic carbocycles. The Bertz CT molecular complexity index is 1540. The second-order valence-electron chi connectivity index (χ2n) is 15.6. The molecule has 0 saturated carbocycles. The molecule has 1 spiro atoms. The third-order valence-corrected chi connectivity index (χ3v) is 13.5. The number of allylic oxidation sites excluding steroid dienone is 1. The minimum Gasteiger partial charge on any atom is -0.444 e. The van der Waals surface area contributed by atoms with Crippen molar-refractivity contribution >= 4 is 70.8 Å². The van der Waals surface area contributed by atoms with E-state index >= 15 is 0 Å². The second-order valence-corrected chi connectivity index (χ2v) is 20.0. The van der Waals surface area contributed by atoms with E-state index in [9.17, 15) is 28.8 Å². The van der Waals surface area contributed by atoms with Crippen LogP contribution in [0.1, 0.15) is 92.2 Å². The van der Waals surface area contributed by atoms with Gasteiger partial charge < -0.3 is 30.9 Å². The minimum absolute atomic E-state index is 0.186. The second kappa shape index (κ2) is 18.4. The van der Waals surface area contributed by atoms with Crippen LogP contribution in [0.25, 0.3) is 0 Å². The number of hydrogen-bond donors (Lipinski definition) is 4. The number of rotatable bonds is 13. The number of carbonyl (C=O) groups excluding carboxylic acids is 6. The number of nitrogens with zero attached hydrogens (tertiary/aromatic N) is 1. The van der Waals surface area contributed by atoms with Gasteiger partial charge in [0.05, 0.1) is 22.7 Å². The molecule has 3 aliphatic rings. The van der Waals surface area contributed by atoms with Crippen LogP contribution in [0.4, 0.5) is 4.79 Å². The summed E-state index contributed by atoms with van der Waals surface area (Å²) in [5.41, 5.74) is -0.592. The maximum Gasteiger partial charge on any atom is 0.408 e. The van der Waals surface area contributed by atoms with Crippen LogP contribution in [-0.2, 0) is 28.7 Å². The van der Waals surface area contributed by atoms with Crippen molar-refractivity contribution in [1.82, 2.24) is 26.2 Å². The zero-order chi connectivity index (χ0) is 39.0. The summed E-state index contributed by atoms with van der Waals surface area (Å²) in [6.45, 7) is 12.4. The van der Waals surface area contributed by atoms with Gasteiger partial charge in [0.25, 0.3) is 5.91 Å². The van der Waals surface area contributed by atoms with Crippen LogP contribution in [0.2, 0.25) is 0 Å². The van der Waals surface area contributed by atoms with Gasteiger partial charge in [0.2, 0.25) is 23.5 Å². The fourth-order valence-electron chi connectivity index (χ4n) is 6.42. The molecule has 0 radical (unpaired) electrons. The Morgan fingerprint density at radius 2 is 1.62 bits per heavy atom. The predicted molar refractivity (Wildman–Crippen MR) is 212 cm³/mol. The number of ether oxygens (including phenoxy) is 1. The molecule has 0 aliphatic carbocycles. The molecule has 3 heterocycles. The number of carbonyl (C=O) groups is 6. The van der Waals surface area contributed by atoms with Crippen LogP contribution in [0.15, 0.2) is 41.3 Å². The van der Waals surface area contributed by atoms with E-state index in [2.05, 4.69) is 27.3 Å². The highest BCUT2D eigenvalue weighted by atomic mass is 32.2. The largest absolute Gasteiger partial charge is 0.444 e. The number of alkyl carbamates (subject to hydrolysis) is 1. The van der Waals surface area contributed by atoms with Gasteiger partial charge in [-0.2, -0.15) is 0 Å². The quantitative estimate of drug-likeness (QED) is 0.202. The first-order valence-electron chi connectivity index (χ1n) is 18.3. The van der Waals surface area contributed by atoms with Crippen LogP contribution >= 0.6 is 35.3 Å². The van der Waals surface area contributed by atoms with Crippen LogP contribution in [-0.4, -0.2) is 98.6 Å². The van der Waals surface area contributed by atoms with Gasteiger partial charge in [0.15, 0.2) is 0 Å². The van der Waals surface area contributed by atoms with E-state index < -0.39 is 75.3 Å². The highest BCUT2D eigenvalue weighted by Crippen LogP contribution is 2.50. The van der Waals surface area contributed by atoms with E-state index in [1.807, 2.05) is 58.0 Å². The highest BCUT2D eigenvalue weighted by Gasteiger charge is 2.53. The molecular weight excluding hydrogens is 735 g/mol. The molecule has 2 saturated heterocycles. The predicted octanol–water partition coefficient (Wildman–Crippen LogP) is 4.94. The molecule has 0 aromatic heterocycles. The Labute approximate surface area is 326 Å². The van der Waals surface area contributed by atoms with Crippen LogP contribution in [0.5, 0.6) is 0 Å². The summed E-state index contributed by atoms with van der Waals surface area (Å²) in [5, 5.41) is 11.0. The lowest BCUT2D eigenvalue weighted by molar-refractivity contribution is -0.144. The van der Waals surface area contributed by atoms with Crippen molar-refractivity contribution in [2.45, 2.75) is 114 Å². The number of hydrogen-bond acceptors (Lipinski definition) is 10. The summed E-state index contributed by atoms with van der Waals surface area (Å²) >= 11 is 5.11. The van der Waals surface area contributed by atoms with Crippen molar-refractivity contribution in [2.24, 2.45) is 5.41 Å². The molecule has 292 valence electrons. The van der Waals surface area contributed by atoms with E-state index in [0.29, 0.717) is 12.8 Å². The fourth-order valence-corrected chi connectivity index (χ4v) is 10.8. The van der Waals surface area contributed by atoms with E-state index in [1.165, 1.54) is 4.90 Å². The zero-order valence-corrected chi connectivity index (χ0v) is 34.3. The molecule has 5 amide bonds. The average molecular weight is 790 g/mol. The Morgan fingerprint density at radius 1 is 0.943 bits per heavy atom. The molecule has 4 N–H and O–H groups in total. The molecule has 4 rings (SSSR count). The molecule has 1 aromatic rings. The zero-order valence-electron chi connectivity index (χ0n) is 31.9. The van der Waals surface area contributed by atoms with Gasteiger partial charge in [-0.05, 0) is 62.5 Å². The molecule has 53 heavy (non-hydrogen) atoms. The Hall–Kier alpha value is -3.17. The average Bonchev–Trinajstić information content (AvgIpc) is 3.76. The smallest absolute Gasteiger partial charge is 0.408 e. The number of Topliss-reactive ketones (excluding diaryl/α,β-unsaturated/α-hetero) is 1. The first-order chi connectivity index (χ1) is 24.9. The van der Waals surface area contributed by atoms with E-state index in [4.69, 9.17) is 4.74 Å². The van der Waals surface area contributed by atoms with Gasteiger partial charge in [-0.3, -0.25) is 24.0 Å². The van der Waals surface area contributed by atoms with Crippen LogP contribution < -0.4 is 21.3 Å². The topological polar surface area (TPSA) is 163 Å². The lowest BCUT2D eigenvalue weighted by Gasteiger charge is -2.36. The van der Waals surface area contributed by atoms with Crippen molar-refractivity contribution in [3.8, 4) is 0 Å². The number of amides is 5. The summed E-state index contributed by atoms with van der Waals surface area (Å²) in [6, 6.07) is 6.08. The fraction of sp³-hybridized carbons (Fsp3) is 0.632. The van der Waals surface area contributed by atoms with Gasteiger partial charge in [0, 0.05) is 23.6 Å². The normalized spacial score (nSPS) is 20.1. The lowest BCUT2D eigenvalue weighted by Crippen LogP contribution is -2.59. The van der Waals surface area contributed by atoms with Crippen LogP contribution in [0.3, 0.4) is 0 Å². The molecule has 4 atom stereocenters. The van der Waals surface area contributed by atoms with Crippen molar-refractivity contribution in [3.63, 3.8) is 0 Å². The van der Waals surface area contributed by atoms with Crippen molar-refractivity contribution < 1.29 is 33.5 Å². The first kappa shape index (κ1) is 42.6. The number of ketones is 1. The summed E-state index contributed by atoms with van der Waals surface area (Å²) in [7, 11) is 0. The van der Waals surface area contributed by atoms with E-state index in [0.717, 1.165) is 40.6 Å². The van der Waals surface area contributed by atoms with E-state index in [1.54, 1.807) is 56.1 Å². The van der Waals surface area contributed by atoms with Gasteiger partial charge in [-0.1, -0.05) is 70.5 Å². The maximum absolute atomic E-state index is 14.4. The minimum atomic E-state index is -1.16. The van der Waals surface area contributed by atoms with Crippen molar-refractivity contribution in [1.29, 1.82) is 0 Å². The van der Waals surface area contributed by atoms with E-state index in [-0.39, 0.29) is 19.0 Å². The van der Waals surface area contributed by atoms with Gasteiger partial charge in [-0.15, -0.1) is 35.3 Å². The molecule has 15 heteroatoms. The first-order valence-corrected chi connectivity index (χ1v) is 21.3. The summed E-state index contributed by atoms with van der Waals surface area (Å²) in [4.78, 5) is 83.7. The van der Waals surface area contributed by atoms with Gasteiger partial charge in [-0.25, -0.2) is 4.79 Å². The molecule has 3 aliphatic heterocycles. The standard InChI is InChI=1S/C38H55N5O7S3/c1-8-14-25(30(45)33(47)39-22-28(44)41-29(27-17-12-18-51-27)24-15-10-9-11-16-24)40-32(46)26-21-38(52-19-13-20-53-38)23-43(26)34(48)31(36(2,3)4)42-35(49)50-37(5,6)7/h9-11,15-17,25-26,29,31H,8,12-14,18-23H2,1-7H3,(H,39,47)(H,40,46)(H,41,44)(H,42,49)/t25?,26-,29?,31+/m0/s1. The molecule has 12 nitrogen and oxygen atoms in total. The highest BCUT2D eigenvalue weighted by molar-refractivity contribution is 8.18. The monoisotopic (exact) mass is 789 g/mol. The third-order valence-electron chi connectivity index (χ3n) is 8.97. The number of thioether (sulfide) groups is 3. The van der Waals surface area contributed by atoms with Crippen LogP contribution in [0, 0.1) is 5.41 Å². The molecule has 0 bridgehead atoms. The molecular formula is C38H55N5O7S3. The summed E-state index contributed by atoms with van der Waals surface area (Å²) in [5.74, 6) is -0.570. The number of likely N-dealkylation sites (tertiary alicyclic amines) is 1. The number of benzene rings is 1. The molecule has 2 unspecified atom stereocenters. The van der Waals surface area contributed by atoms with Gasteiger partial charge >= 0.3 is 6.09 Å². The lowest BCUT2D eigenvalue weighted by atomic mass is 9.85. The Balaban J connectivity index is 1.46. The van der Waals surface area contributed by atoms with Crippen molar-refractivity contribution in [2.75, 3.05) is 30.3 Å². The third kappa shape index (κ3) is 11.9. The summed E-state index contributed by atoms with van der Waals surface area (Å²) < 4.78 is 5.05. The number of nitrogens with one attached hydrogen (secondary N) is 4. The van der Waals surface area contributed by atoms with Gasteiger partial charge in [0.1, 0.15) is 17.7 Å². The Morgan fingerprint density at radius 3 is 2.21 bits per heavy atom. The SMILES string of the molecule is CCCC(NC(=O)[C@@H]1CC2(CN1C(=O)[C@@H](NC(=O)OC(C)(C)C)C(C)(C)C)SCCCS2)C(=O)C(=O)NCC(=O)NC(C1=CCCS1)c1ccccc1. The maximum atomic E-state index is 14.4. The summed E-state index contributed by atoms with van der Waals surface area (Å²) in [6.07, 6.45) is 4.30. The Kier molecular flexibility index (Phi) is 14.8.